The zero-order valence-corrected chi connectivity index (χ0v) is 19.0. The average Bonchev–Trinajstić information content (AvgIpc) is 3.01. The fourth-order valence-corrected chi connectivity index (χ4v) is 5.58. The van der Waals surface area contributed by atoms with Crippen LogP contribution in [0.5, 0.6) is 0 Å². The van der Waals surface area contributed by atoms with E-state index in [2.05, 4.69) is 4.72 Å². The lowest BCUT2D eigenvalue weighted by atomic mass is 9.89. The van der Waals surface area contributed by atoms with E-state index in [4.69, 9.17) is 11.6 Å². The molecule has 3 rings (SSSR count). The van der Waals surface area contributed by atoms with Crippen molar-refractivity contribution in [3.63, 3.8) is 0 Å². The largest absolute Gasteiger partial charge is 0.373 e. The van der Waals surface area contributed by atoms with Crippen LogP contribution in [-0.4, -0.2) is 60.1 Å². The van der Waals surface area contributed by atoms with E-state index in [0.29, 0.717) is 24.8 Å². The molecule has 2 fully saturated rings. The van der Waals surface area contributed by atoms with Crippen molar-refractivity contribution in [2.45, 2.75) is 69.6 Å². The van der Waals surface area contributed by atoms with Gasteiger partial charge in [0.25, 0.3) is 5.91 Å². The summed E-state index contributed by atoms with van der Waals surface area (Å²) >= 11 is 5.83. The maximum Gasteiger partial charge on any atom is 0.262 e. The standard InChI is InChI=1S/C21H28ClFN2O5S/c1-2-31(29,30)24-17-4-3-5-18(13-17)25-9-8-21(28,20(25)27)19(26)7-6-14-10-15(22)12-16(23)11-14/h10-12,17-18,24,28H,2-9,13H2,1H3. The number of aryl methyl sites for hydroxylation is 1. The number of amides is 1. The van der Waals surface area contributed by atoms with Crippen LogP contribution in [0.1, 0.15) is 51.0 Å². The first-order valence-electron chi connectivity index (χ1n) is 10.6. The zero-order valence-electron chi connectivity index (χ0n) is 17.4. The van der Waals surface area contributed by atoms with Crippen LogP contribution in [0.4, 0.5) is 4.39 Å². The normalized spacial score (nSPS) is 27.0. The Morgan fingerprint density at radius 3 is 2.77 bits per heavy atom. The van der Waals surface area contributed by atoms with Crippen molar-refractivity contribution in [2.75, 3.05) is 12.3 Å². The molecule has 0 spiro atoms. The van der Waals surface area contributed by atoms with Crippen LogP contribution in [0.2, 0.25) is 5.02 Å². The number of benzene rings is 1. The van der Waals surface area contributed by atoms with Crippen molar-refractivity contribution in [2.24, 2.45) is 0 Å². The van der Waals surface area contributed by atoms with Gasteiger partial charge < -0.3 is 10.0 Å². The van der Waals surface area contributed by atoms with Gasteiger partial charge in [-0.25, -0.2) is 17.5 Å². The summed E-state index contributed by atoms with van der Waals surface area (Å²) in [6.07, 6.45) is 2.64. The number of nitrogens with one attached hydrogen (secondary N) is 1. The lowest BCUT2D eigenvalue weighted by molar-refractivity contribution is -0.154. The molecule has 0 bridgehead atoms. The van der Waals surface area contributed by atoms with Gasteiger partial charge >= 0.3 is 0 Å². The molecule has 1 heterocycles. The van der Waals surface area contributed by atoms with E-state index in [1.807, 2.05) is 0 Å². The lowest BCUT2D eigenvalue weighted by Gasteiger charge is -2.36. The number of aliphatic hydroxyl groups is 1. The minimum Gasteiger partial charge on any atom is -0.373 e. The highest BCUT2D eigenvalue weighted by Crippen LogP contribution is 2.32. The minimum absolute atomic E-state index is 0.00354. The van der Waals surface area contributed by atoms with Gasteiger partial charge in [-0.3, -0.25) is 9.59 Å². The SMILES string of the molecule is CCS(=O)(=O)NC1CCCC(N2CCC(O)(C(=O)CCc3cc(F)cc(Cl)c3)C2=O)C1. The van der Waals surface area contributed by atoms with E-state index in [0.717, 1.165) is 12.5 Å². The van der Waals surface area contributed by atoms with E-state index >= 15 is 0 Å². The van der Waals surface area contributed by atoms with E-state index in [-0.39, 0.29) is 48.7 Å². The molecule has 7 nitrogen and oxygen atoms in total. The third kappa shape index (κ3) is 5.63. The summed E-state index contributed by atoms with van der Waals surface area (Å²) in [6, 6.07) is 3.49. The predicted octanol–water partition coefficient (Wildman–Crippen LogP) is 2.19. The fraction of sp³-hybridized carbons (Fsp3) is 0.619. The summed E-state index contributed by atoms with van der Waals surface area (Å²) in [7, 11) is -3.35. The maximum absolute atomic E-state index is 13.5. The Morgan fingerprint density at radius 1 is 1.35 bits per heavy atom. The van der Waals surface area contributed by atoms with Crippen LogP contribution in [0.25, 0.3) is 0 Å². The van der Waals surface area contributed by atoms with Gasteiger partial charge in [0.05, 0.1) is 5.75 Å². The lowest BCUT2D eigenvalue weighted by Crippen LogP contribution is -2.51. The van der Waals surface area contributed by atoms with E-state index in [9.17, 15) is 27.5 Å². The van der Waals surface area contributed by atoms with Crippen molar-refractivity contribution in [1.82, 2.24) is 9.62 Å². The molecule has 1 saturated heterocycles. The first kappa shape index (κ1) is 24.1. The molecule has 1 aliphatic heterocycles. The van der Waals surface area contributed by atoms with Crippen molar-refractivity contribution >= 4 is 33.3 Å². The summed E-state index contributed by atoms with van der Waals surface area (Å²) < 4.78 is 39.9. The van der Waals surface area contributed by atoms with Gasteiger partial charge in [0, 0.05) is 36.5 Å². The minimum atomic E-state index is -3.35. The summed E-state index contributed by atoms with van der Waals surface area (Å²) in [4.78, 5) is 27.2. The van der Waals surface area contributed by atoms with E-state index in [1.54, 1.807) is 13.0 Å². The number of likely N-dealkylation sites (tertiary alicyclic amines) is 1. The summed E-state index contributed by atoms with van der Waals surface area (Å²) in [5.74, 6) is -1.75. The molecule has 2 N–H and O–H groups in total. The molecule has 2 aliphatic rings. The number of hydrogen-bond acceptors (Lipinski definition) is 5. The van der Waals surface area contributed by atoms with Crippen LogP contribution in [0, 0.1) is 5.82 Å². The van der Waals surface area contributed by atoms with Crippen LogP contribution in [0.15, 0.2) is 18.2 Å². The Kier molecular flexibility index (Phi) is 7.40. The quantitative estimate of drug-likeness (QED) is 0.562. The molecule has 1 amide bonds. The molecule has 31 heavy (non-hydrogen) atoms. The molecule has 0 aromatic heterocycles. The molecule has 3 unspecified atom stereocenters. The number of rotatable bonds is 8. The number of carbonyl (C=O) groups excluding carboxylic acids is 2. The third-order valence-electron chi connectivity index (χ3n) is 6.17. The van der Waals surface area contributed by atoms with Crippen molar-refractivity contribution < 1.29 is 27.5 Å². The predicted molar refractivity (Wildman–Crippen MR) is 115 cm³/mol. The van der Waals surface area contributed by atoms with Crippen LogP contribution >= 0.6 is 11.6 Å². The van der Waals surface area contributed by atoms with E-state index < -0.39 is 33.1 Å². The average molecular weight is 475 g/mol. The molecular weight excluding hydrogens is 447 g/mol. The topological polar surface area (TPSA) is 104 Å². The van der Waals surface area contributed by atoms with Crippen molar-refractivity contribution in [1.29, 1.82) is 0 Å². The second-order valence-corrected chi connectivity index (χ2v) is 10.8. The van der Waals surface area contributed by atoms with Crippen molar-refractivity contribution in [3.8, 4) is 0 Å². The van der Waals surface area contributed by atoms with Crippen LogP contribution < -0.4 is 4.72 Å². The van der Waals surface area contributed by atoms with E-state index in [1.165, 1.54) is 11.0 Å². The Morgan fingerprint density at radius 2 is 2.10 bits per heavy atom. The summed E-state index contributed by atoms with van der Waals surface area (Å²) in [5, 5.41) is 11.1. The van der Waals surface area contributed by atoms with Crippen molar-refractivity contribution in [3.05, 3.63) is 34.6 Å². The fourth-order valence-electron chi connectivity index (χ4n) is 4.45. The molecular formula is C21H28ClFN2O5S. The number of halogens is 2. The molecule has 1 aromatic carbocycles. The van der Waals surface area contributed by atoms with Gasteiger partial charge in [-0.2, -0.15) is 0 Å². The maximum atomic E-state index is 13.5. The van der Waals surface area contributed by atoms with Gasteiger partial charge in [0.1, 0.15) is 5.82 Å². The van der Waals surface area contributed by atoms with Crippen LogP contribution in [0.3, 0.4) is 0 Å². The number of Topliss-reactive ketones (excluding diaryl/α,β-unsaturated/α-hetero) is 1. The number of sulfonamides is 1. The monoisotopic (exact) mass is 474 g/mol. The second-order valence-electron chi connectivity index (χ2n) is 8.35. The summed E-state index contributed by atoms with van der Waals surface area (Å²) in [5.41, 5.74) is -1.57. The molecule has 172 valence electrons. The Balaban J connectivity index is 1.62. The number of ketones is 1. The highest BCUT2D eigenvalue weighted by molar-refractivity contribution is 7.89. The molecule has 1 saturated carbocycles. The van der Waals surface area contributed by atoms with Gasteiger partial charge in [0.2, 0.25) is 15.6 Å². The first-order valence-corrected chi connectivity index (χ1v) is 12.6. The van der Waals surface area contributed by atoms with Gasteiger partial charge in [-0.15, -0.1) is 0 Å². The summed E-state index contributed by atoms with van der Waals surface area (Å²) in [6.45, 7) is 1.81. The molecule has 1 aliphatic carbocycles. The Hall–Kier alpha value is -1.55. The second kappa shape index (κ2) is 9.52. The van der Waals surface area contributed by atoms with Gasteiger partial charge in [0.15, 0.2) is 5.78 Å². The first-order chi connectivity index (χ1) is 14.5. The molecule has 3 atom stereocenters. The van der Waals surface area contributed by atoms with Gasteiger partial charge in [-0.1, -0.05) is 11.6 Å². The highest BCUT2D eigenvalue weighted by atomic mass is 35.5. The number of hydrogen-bond donors (Lipinski definition) is 2. The zero-order chi connectivity index (χ0) is 22.8. The number of carbonyl (C=O) groups is 2. The third-order valence-corrected chi connectivity index (χ3v) is 7.84. The van der Waals surface area contributed by atoms with Crippen LogP contribution in [-0.2, 0) is 26.0 Å². The molecule has 1 aromatic rings. The Labute approximate surface area is 187 Å². The molecule has 0 radical (unpaired) electrons. The number of nitrogens with zero attached hydrogens (tertiary/aromatic N) is 1. The Bertz CT molecular complexity index is 937. The molecule has 10 heteroatoms. The smallest absolute Gasteiger partial charge is 0.262 e. The van der Waals surface area contributed by atoms with Gasteiger partial charge in [-0.05, 0) is 62.8 Å². The highest BCUT2D eigenvalue weighted by Gasteiger charge is 2.52.